The maximum atomic E-state index is 8.40. The van der Waals surface area contributed by atoms with Crippen LogP contribution in [0.5, 0.6) is 0 Å². The average molecular weight is 334 g/mol. The first-order valence-corrected chi connectivity index (χ1v) is 3.67. The fourth-order valence-corrected chi connectivity index (χ4v) is 0. The van der Waals surface area contributed by atoms with Crippen molar-refractivity contribution in [3.63, 3.8) is 0 Å². The van der Waals surface area contributed by atoms with Crippen molar-refractivity contribution in [3.05, 3.63) is 0 Å². The summed E-state index contributed by atoms with van der Waals surface area (Å²) in [6, 6.07) is 0. The number of hydrogen-bond acceptors (Lipinski definition) is 6. The van der Waals surface area contributed by atoms with E-state index < -0.39 is 27.1 Å². The van der Waals surface area contributed by atoms with Gasteiger partial charge in [-0.2, -0.15) is 0 Å². The maximum Gasteiger partial charge on any atom is 3.00 e. The van der Waals surface area contributed by atoms with Gasteiger partial charge < -0.3 is 56.5 Å². The van der Waals surface area contributed by atoms with E-state index in [9.17, 15) is 0 Å². The normalized spacial score (nSPS) is 4.91. The molecule has 0 rings (SSSR count). The topological polar surface area (TPSA) is 138 Å². The zero-order chi connectivity index (χ0) is 8.12. The van der Waals surface area contributed by atoms with Gasteiger partial charge in [-0.3, -0.25) is 0 Å². The first kappa shape index (κ1) is 29.2. The minimum absolute atomic E-state index is 0. The minimum Gasteiger partial charge on any atom is -0.844 e. The van der Waals surface area contributed by atoms with Gasteiger partial charge in [0.05, 0.1) is 0 Å². The fraction of sp³-hybridized carbons (Fsp3) is 0. The van der Waals surface area contributed by atoms with Gasteiger partial charge in [0.15, 0.2) is 0 Å². The van der Waals surface area contributed by atoms with Crippen molar-refractivity contribution in [2.24, 2.45) is 0 Å². The second-order valence-electron chi connectivity index (χ2n) is 0.250. The van der Waals surface area contributed by atoms with Gasteiger partial charge in [0, 0.05) is 0 Å². The first-order chi connectivity index (χ1) is 4.24. The molecule has 0 amide bonds. The molecule has 0 N–H and O–H groups in total. The van der Waals surface area contributed by atoms with Crippen molar-refractivity contribution < 1.29 is 29.4 Å². The monoisotopic (exact) mass is 334 g/mol. The Morgan fingerprint density at radius 1 is 0.545 bits per heavy atom. The van der Waals surface area contributed by atoms with Crippen LogP contribution in [0.4, 0.5) is 0 Å². The summed E-state index contributed by atoms with van der Waals surface area (Å²) in [6.07, 6.45) is 0. The Bertz CT molecular complexity index is 22.5. The summed E-state index contributed by atoms with van der Waals surface area (Å²) in [5.41, 5.74) is 0. The Kier molecular flexibility index (Phi) is 146. The quantitative estimate of drug-likeness (QED) is 0.319. The van der Waals surface area contributed by atoms with Crippen LogP contribution in [0.25, 0.3) is 0 Å². The molecule has 0 unspecified atom stereocenters. The Morgan fingerprint density at radius 3 is 0.545 bits per heavy atom. The number of rotatable bonds is 0. The van der Waals surface area contributed by atoms with Crippen molar-refractivity contribution in [2.75, 3.05) is 0 Å². The van der Waals surface area contributed by atoms with Crippen LogP contribution in [0.3, 0.4) is 0 Å². The van der Waals surface area contributed by atoms with Crippen LogP contribution in [0.1, 0.15) is 0 Å². The molecular formula is H3AlInO6P3. The third kappa shape index (κ3) is 226. The van der Waals surface area contributed by atoms with E-state index in [-0.39, 0.29) is 43.2 Å². The van der Waals surface area contributed by atoms with Gasteiger partial charge in [-0.1, -0.05) is 0 Å². The zero-order valence-electron chi connectivity index (χ0n) is 5.10. The molecule has 0 saturated carbocycles. The Hall–Kier alpha value is 2.45. The molecule has 6 nitrogen and oxygen atoms in total. The second-order valence-corrected chi connectivity index (χ2v) is 0.750. The molecule has 11 heteroatoms. The van der Waals surface area contributed by atoms with Gasteiger partial charge in [0.1, 0.15) is 0 Å². The summed E-state index contributed by atoms with van der Waals surface area (Å²) < 4.78 is 0. The summed E-state index contributed by atoms with van der Waals surface area (Å²) in [5.74, 6) is 0. The first-order valence-electron chi connectivity index (χ1n) is 1.22. The van der Waals surface area contributed by atoms with Crippen LogP contribution >= 0.6 is 27.1 Å². The fourth-order valence-electron chi connectivity index (χ4n) is 0. The van der Waals surface area contributed by atoms with E-state index in [1.165, 1.54) is 0 Å². The van der Waals surface area contributed by atoms with E-state index in [4.69, 9.17) is 29.4 Å². The van der Waals surface area contributed by atoms with Gasteiger partial charge in [0.2, 0.25) is 0 Å². The standard InChI is InChI=1S/Al.In.3HO2P/c;;3*1-3-2/h;;3*3H/q2*+3;3*-2. The molecule has 0 aromatic carbocycles. The SMILES string of the molecule is [Al+3].[In+3].[O-]P[O-].[O-]P[O-].[O-]P[O-]. The predicted molar refractivity (Wildman–Crippen MR) is 36.5 cm³/mol. The molecule has 11 heavy (non-hydrogen) atoms. The van der Waals surface area contributed by atoms with E-state index in [2.05, 4.69) is 0 Å². The summed E-state index contributed by atoms with van der Waals surface area (Å²) in [7, 11) is -4.25. The molecule has 0 aromatic heterocycles. The zero-order valence-corrected chi connectivity index (χ0v) is 12.6. The minimum atomic E-state index is -1.42. The van der Waals surface area contributed by atoms with Gasteiger partial charge in [-0.25, -0.2) is 0 Å². The summed E-state index contributed by atoms with van der Waals surface area (Å²) in [4.78, 5) is 50.4. The smallest absolute Gasteiger partial charge is 0.844 e. The van der Waals surface area contributed by atoms with Crippen LogP contribution in [0.2, 0.25) is 0 Å². The van der Waals surface area contributed by atoms with Crippen molar-refractivity contribution >= 4 is 70.3 Å². The van der Waals surface area contributed by atoms with Crippen molar-refractivity contribution in [1.82, 2.24) is 0 Å². The molecule has 0 aromatic rings. The van der Waals surface area contributed by atoms with E-state index >= 15 is 0 Å². The molecule has 0 radical (unpaired) electrons. The van der Waals surface area contributed by atoms with Crippen LogP contribution in [-0.2, 0) is 0 Å². The van der Waals surface area contributed by atoms with Crippen molar-refractivity contribution in [3.8, 4) is 0 Å². The van der Waals surface area contributed by atoms with Gasteiger partial charge in [0.25, 0.3) is 0 Å². The third-order valence-electron chi connectivity index (χ3n) is 0. The Balaban J connectivity index is -0.0000000150. The molecular weight excluding hydrogens is 331 g/mol. The molecule has 0 aliphatic rings. The third-order valence-corrected chi connectivity index (χ3v) is 0. The Morgan fingerprint density at radius 2 is 0.545 bits per heavy atom. The molecule has 0 heterocycles. The average Bonchev–Trinajstić information content (AvgIpc) is 1.70. The van der Waals surface area contributed by atoms with E-state index in [1.807, 2.05) is 0 Å². The van der Waals surface area contributed by atoms with E-state index in [0.29, 0.717) is 0 Å². The largest absolute Gasteiger partial charge is 3.00 e. The molecule has 0 bridgehead atoms. The van der Waals surface area contributed by atoms with Gasteiger partial charge >= 0.3 is 43.2 Å². The van der Waals surface area contributed by atoms with Gasteiger partial charge in [-0.15, -0.1) is 0 Å². The van der Waals surface area contributed by atoms with Gasteiger partial charge in [-0.05, 0) is 0 Å². The number of hydrogen-bond donors (Lipinski definition) is 0. The van der Waals surface area contributed by atoms with Crippen LogP contribution < -0.4 is 29.4 Å². The maximum absolute atomic E-state index is 8.40. The molecule has 0 saturated heterocycles. The molecule has 0 aliphatic carbocycles. The van der Waals surface area contributed by atoms with Crippen LogP contribution in [0.15, 0.2) is 0 Å². The second kappa shape index (κ2) is 54.9. The van der Waals surface area contributed by atoms with Crippen LogP contribution in [-0.4, -0.2) is 43.2 Å². The summed E-state index contributed by atoms with van der Waals surface area (Å²) in [5, 5.41) is 0. The molecule has 60 valence electrons. The predicted octanol–water partition coefficient (Wildman–Crippen LogP) is -6.12. The Labute approximate surface area is 99.2 Å². The molecule has 0 aliphatic heterocycles. The van der Waals surface area contributed by atoms with E-state index in [0.717, 1.165) is 0 Å². The van der Waals surface area contributed by atoms with E-state index in [1.54, 1.807) is 0 Å². The summed E-state index contributed by atoms with van der Waals surface area (Å²) >= 11 is 0. The van der Waals surface area contributed by atoms with Crippen molar-refractivity contribution in [2.45, 2.75) is 0 Å². The van der Waals surface area contributed by atoms with Crippen molar-refractivity contribution in [1.29, 1.82) is 0 Å². The van der Waals surface area contributed by atoms with Crippen LogP contribution in [0, 0.1) is 0 Å². The molecule has 0 atom stereocenters. The molecule has 0 fully saturated rings. The molecule has 0 spiro atoms. The summed E-state index contributed by atoms with van der Waals surface area (Å²) in [6.45, 7) is 0.